The zero-order valence-corrected chi connectivity index (χ0v) is 22.8. The lowest BCUT2D eigenvalue weighted by molar-refractivity contribution is 0.0773. The second kappa shape index (κ2) is 10.9. The van der Waals surface area contributed by atoms with Gasteiger partial charge in [0.15, 0.2) is 11.5 Å². The average molecular weight is 527 g/mol. The van der Waals surface area contributed by atoms with Crippen molar-refractivity contribution in [1.29, 1.82) is 0 Å². The molecule has 0 saturated carbocycles. The Morgan fingerprint density at radius 1 is 1.16 bits per heavy atom. The molecule has 1 amide bonds. The van der Waals surface area contributed by atoms with Crippen LogP contribution in [0.4, 0.5) is 0 Å². The molecule has 0 saturated heterocycles. The first-order chi connectivity index (χ1) is 17.6. The number of aromatic amines is 1. The summed E-state index contributed by atoms with van der Waals surface area (Å²) >= 11 is 0. The fraction of sp³-hybridized carbons (Fsp3) is 0.407. The number of nitrogens with one attached hydrogen (secondary N) is 1. The summed E-state index contributed by atoms with van der Waals surface area (Å²) in [6.07, 6.45) is 3.46. The van der Waals surface area contributed by atoms with E-state index in [9.17, 15) is 13.2 Å². The lowest BCUT2D eigenvalue weighted by Crippen LogP contribution is -2.36. The van der Waals surface area contributed by atoms with Crippen LogP contribution >= 0.6 is 0 Å². The zero-order chi connectivity index (χ0) is 26.7. The fourth-order valence-corrected chi connectivity index (χ4v) is 5.32. The molecule has 1 aliphatic heterocycles. The third-order valence-corrected chi connectivity index (χ3v) is 7.29. The van der Waals surface area contributed by atoms with Gasteiger partial charge in [-0.15, -0.1) is 0 Å². The van der Waals surface area contributed by atoms with E-state index in [1.165, 1.54) is 7.11 Å². The molecule has 1 aromatic heterocycles. The number of amides is 1. The molecular weight excluding hydrogens is 492 g/mol. The minimum atomic E-state index is -3.76. The Morgan fingerprint density at radius 2 is 1.86 bits per heavy atom. The summed E-state index contributed by atoms with van der Waals surface area (Å²) < 4.78 is 34.7. The number of fused-ring (bicyclic) bond motifs is 1. The minimum absolute atomic E-state index is 0.00169. The smallest absolute Gasteiger partial charge is 0.306 e. The van der Waals surface area contributed by atoms with E-state index in [0.717, 1.165) is 47.3 Å². The molecule has 0 spiro atoms. The van der Waals surface area contributed by atoms with Gasteiger partial charge in [-0.05, 0) is 68.1 Å². The van der Waals surface area contributed by atoms with Gasteiger partial charge in [-0.3, -0.25) is 9.69 Å². The Morgan fingerprint density at radius 3 is 2.43 bits per heavy atom. The van der Waals surface area contributed by atoms with Gasteiger partial charge in [0.1, 0.15) is 0 Å². The molecule has 1 N–H and O–H groups in total. The van der Waals surface area contributed by atoms with Crippen LogP contribution in [0.25, 0.3) is 0 Å². The summed E-state index contributed by atoms with van der Waals surface area (Å²) in [6.45, 7) is 8.59. The number of ether oxygens (including phenoxy) is 1. The van der Waals surface area contributed by atoms with Crippen LogP contribution in [0.1, 0.15) is 58.3 Å². The number of benzene rings is 2. The highest BCUT2D eigenvalue weighted by molar-refractivity contribution is 7.86. The molecule has 10 heteroatoms. The molecule has 9 nitrogen and oxygen atoms in total. The van der Waals surface area contributed by atoms with Gasteiger partial charge in [0.2, 0.25) is 0 Å². The number of imidazole rings is 1. The molecule has 0 fully saturated rings. The second-order valence-electron chi connectivity index (χ2n) is 9.19. The van der Waals surface area contributed by atoms with Crippen LogP contribution in [0.5, 0.6) is 11.5 Å². The normalized spacial score (nSPS) is 15.8. The van der Waals surface area contributed by atoms with E-state index in [-0.39, 0.29) is 17.7 Å². The van der Waals surface area contributed by atoms with Crippen molar-refractivity contribution >= 4 is 16.0 Å². The van der Waals surface area contributed by atoms with Crippen molar-refractivity contribution in [1.82, 2.24) is 19.8 Å². The fourth-order valence-electron chi connectivity index (χ4n) is 4.87. The number of carbonyl (C=O) groups excluding carboxylic acids is 1. The molecule has 3 aromatic rings. The molecule has 2 aromatic carbocycles. The van der Waals surface area contributed by atoms with Gasteiger partial charge >= 0.3 is 10.1 Å². The summed E-state index contributed by atoms with van der Waals surface area (Å²) in [7, 11) is -2.26. The maximum Gasteiger partial charge on any atom is 0.306 e. The highest BCUT2D eigenvalue weighted by Gasteiger charge is 2.32. The molecule has 37 heavy (non-hydrogen) atoms. The maximum absolute atomic E-state index is 12.9. The first kappa shape index (κ1) is 26.7. The largest absolute Gasteiger partial charge is 0.493 e. The highest BCUT2D eigenvalue weighted by Crippen LogP contribution is 2.42. The van der Waals surface area contributed by atoms with Crippen molar-refractivity contribution in [2.75, 3.05) is 33.0 Å². The van der Waals surface area contributed by atoms with Crippen molar-refractivity contribution < 1.29 is 22.1 Å². The van der Waals surface area contributed by atoms with E-state index in [0.29, 0.717) is 30.9 Å². The number of hydrogen-bond acceptors (Lipinski definition) is 7. The van der Waals surface area contributed by atoms with Crippen LogP contribution in [0, 0.1) is 6.92 Å². The molecule has 0 bridgehead atoms. The molecular formula is C27H34N4O5S. The molecule has 1 atom stereocenters. The Bertz CT molecular complexity index is 1360. The molecule has 2 heterocycles. The van der Waals surface area contributed by atoms with Crippen molar-refractivity contribution in [3.05, 3.63) is 76.4 Å². The van der Waals surface area contributed by atoms with E-state index in [2.05, 4.69) is 14.9 Å². The molecule has 198 valence electrons. The lowest BCUT2D eigenvalue weighted by Gasteiger charge is -2.38. The van der Waals surface area contributed by atoms with Gasteiger partial charge in [0.25, 0.3) is 5.91 Å². The van der Waals surface area contributed by atoms with Gasteiger partial charge in [0, 0.05) is 37.4 Å². The number of methoxy groups -OCH3 is 1. The summed E-state index contributed by atoms with van der Waals surface area (Å²) in [4.78, 5) is 24.6. The van der Waals surface area contributed by atoms with Crippen molar-refractivity contribution in [2.24, 2.45) is 0 Å². The van der Waals surface area contributed by atoms with E-state index in [1.54, 1.807) is 17.3 Å². The summed E-state index contributed by atoms with van der Waals surface area (Å²) in [5, 5.41) is 0. The van der Waals surface area contributed by atoms with Crippen LogP contribution in [-0.4, -0.2) is 67.1 Å². The minimum Gasteiger partial charge on any atom is -0.493 e. The number of aromatic nitrogens is 2. The van der Waals surface area contributed by atoms with Crippen LogP contribution < -0.4 is 8.92 Å². The third-order valence-electron chi connectivity index (χ3n) is 6.81. The average Bonchev–Trinajstić information content (AvgIpc) is 3.27. The van der Waals surface area contributed by atoms with E-state index in [4.69, 9.17) is 8.92 Å². The molecule has 0 radical (unpaired) electrons. The standard InChI is InChI=1S/C27H34N4O5S/c1-6-30(7-2)27(32)20-10-8-19(9-11-20)26-22-15-25(36-37(5,33)34)24(35-4)14-21(22)12-13-31(26)16-23-18(3)28-17-29-23/h8-11,14-15,17,26H,6-7,12-13,16H2,1-5H3,(H,28,29). The lowest BCUT2D eigenvalue weighted by atomic mass is 9.87. The number of hydrogen-bond donors (Lipinski definition) is 1. The molecule has 1 unspecified atom stereocenters. The number of carbonyl (C=O) groups is 1. The van der Waals surface area contributed by atoms with Crippen molar-refractivity contribution in [3.63, 3.8) is 0 Å². The van der Waals surface area contributed by atoms with Crippen molar-refractivity contribution in [2.45, 2.75) is 39.8 Å². The van der Waals surface area contributed by atoms with Crippen LogP contribution in [-0.2, 0) is 23.1 Å². The Kier molecular flexibility index (Phi) is 7.89. The van der Waals surface area contributed by atoms with Gasteiger partial charge < -0.3 is 18.8 Å². The Hall–Kier alpha value is -3.37. The van der Waals surface area contributed by atoms with Crippen molar-refractivity contribution in [3.8, 4) is 11.5 Å². The molecule has 4 rings (SSSR count). The van der Waals surface area contributed by atoms with Crippen LogP contribution in [0.3, 0.4) is 0 Å². The van der Waals surface area contributed by atoms with Gasteiger partial charge in [0.05, 0.1) is 31.4 Å². The first-order valence-electron chi connectivity index (χ1n) is 12.4. The third kappa shape index (κ3) is 5.80. The van der Waals surface area contributed by atoms with Crippen LogP contribution in [0.15, 0.2) is 42.7 Å². The Balaban J connectivity index is 1.79. The van der Waals surface area contributed by atoms with E-state index < -0.39 is 10.1 Å². The quantitative estimate of drug-likeness (QED) is 0.424. The molecule has 0 aliphatic carbocycles. The van der Waals surface area contributed by atoms with Gasteiger partial charge in [-0.2, -0.15) is 8.42 Å². The first-order valence-corrected chi connectivity index (χ1v) is 14.2. The SMILES string of the molecule is CCN(CC)C(=O)c1ccc(C2c3cc(OS(C)(=O)=O)c(OC)cc3CCN2Cc2nc[nH]c2C)cc1. The number of nitrogens with zero attached hydrogens (tertiary/aromatic N) is 3. The predicted octanol–water partition coefficient (Wildman–Crippen LogP) is 3.69. The van der Waals surface area contributed by atoms with Gasteiger partial charge in [-0.1, -0.05) is 12.1 Å². The summed E-state index contributed by atoms with van der Waals surface area (Å²) in [6, 6.07) is 11.1. The van der Waals surface area contributed by atoms with E-state index in [1.807, 2.05) is 51.1 Å². The van der Waals surface area contributed by atoms with E-state index >= 15 is 0 Å². The highest BCUT2D eigenvalue weighted by atomic mass is 32.2. The monoisotopic (exact) mass is 526 g/mol. The predicted molar refractivity (Wildman–Crippen MR) is 141 cm³/mol. The number of aryl methyl sites for hydroxylation is 1. The Labute approximate surface area is 218 Å². The summed E-state index contributed by atoms with van der Waals surface area (Å²) in [5.74, 6) is 0.526. The topological polar surface area (TPSA) is 105 Å². The number of rotatable bonds is 9. The second-order valence-corrected chi connectivity index (χ2v) is 10.8. The van der Waals surface area contributed by atoms with Gasteiger partial charge in [-0.25, -0.2) is 4.98 Å². The number of H-pyrrole nitrogens is 1. The zero-order valence-electron chi connectivity index (χ0n) is 21.9. The maximum atomic E-state index is 12.9. The summed E-state index contributed by atoms with van der Waals surface area (Å²) in [5.41, 5.74) is 5.56. The van der Waals surface area contributed by atoms with Crippen LogP contribution in [0.2, 0.25) is 0 Å². The molecule has 1 aliphatic rings.